The molecular formula is C25H29F2N5O3S. The second kappa shape index (κ2) is 9.11. The van der Waals surface area contributed by atoms with Gasteiger partial charge in [0.25, 0.3) is 0 Å². The van der Waals surface area contributed by atoms with Crippen molar-refractivity contribution in [2.75, 3.05) is 30.6 Å². The molecule has 1 aromatic heterocycles. The summed E-state index contributed by atoms with van der Waals surface area (Å²) >= 11 is 0. The van der Waals surface area contributed by atoms with Gasteiger partial charge in [0.05, 0.1) is 23.0 Å². The second-order valence-electron chi connectivity index (χ2n) is 9.64. The van der Waals surface area contributed by atoms with Gasteiger partial charge in [-0.1, -0.05) is 6.07 Å². The largest absolute Gasteiger partial charge is 0.344 e. The Kier molecular flexibility index (Phi) is 6.24. The van der Waals surface area contributed by atoms with Gasteiger partial charge in [-0.2, -0.15) is 0 Å². The summed E-state index contributed by atoms with van der Waals surface area (Å²) in [6, 6.07) is 7.31. The van der Waals surface area contributed by atoms with Crippen LogP contribution in [0.2, 0.25) is 0 Å². The predicted octanol–water partition coefficient (Wildman–Crippen LogP) is 2.97. The fourth-order valence-electron chi connectivity index (χ4n) is 5.45. The zero-order chi connectivity index (χ0) is 25.8. The maximum Gasteiger partial charge on any atom is 0.239 e. The number of imidazole rings is 1. The summed E-state index contributed by atoms with van der Waals surface area (Å²) in [5.41, 5.74) is 3.00. The van der Waals surface area contributed by atoms with Crippen molar-refractivity contribution >= 4 is 32.7 Å². The van der Waals surface area contributed by atoms with E-state index in [1.165, 1.54) is 6.07 Å². The van der Waals surface area contributed by atoms with E-state index in [9.17, 15) is 22.0 Å². The minimum absolute atomic E-state index is 0.00565. The fourth-order valence-corrected chi connectivity index (χ4v) is 6.09. The molecule has 8 nitrogen and oxygen atoms in total. The van der Waals surface area contributed by atoms with Gasteiger partial charge in [-0.25, -0.2) is 22.2 Å². The molecule has 1 amide bonds. The zero-order valence-electron chi connectivity index (χ0n) is 20.4. The third-order valence-corrected chi connectivity index (χ3v) is 8.66. The van der Waals surface area contributed by atoms with Gasteiger partial charge in [-0.3, -0.25) is 9.52 Å². The summed E-state index contributed by atoms with van der Waals surface area (Å²) in [7, 11) is -1.81. The number of aryl methyl sites for hydroxylation is 1. The number of aromatic nitrogens is 2. The normalized spacial score (nSPS) is 22.3. The van der Waals surface area contributed by atoms with Crippen molar-refractivity contribution in [3.05, 3.63) is 58.9 Å². The van der Waals surface area contributed by atoms with Crippen LogP contribution in [0.4, 0.5) is 14.5 Å². The SMILES string of the molecule is CCS(=O)(=O)Nc1cc(C2CN(C)C(=O)C3NCCC32)cc2c1nc(C)n2Cc1ccc(F)c(F)c1. The van der Waals surface area contributed by atoms with Gasteiger partial charge in [0.1, 0.15) is 11.3 Å². The number of likely N-dealkylation sites (tertiary alicyclic amines) is 1. The number of nitrogens with zero attached hydrogens (tertiary/aromatic N) is 3. The number of piperidine rings is 1. The number of halogens is 2. The number of fused-ring (bicyclic) bond motifs is 2. The molecule has 5 rings (SSSR count). The lowest BCUT2D eigenvalue weighted by Crippen LogP contribution is -2.52. The minimum atomic E-state index is -3.59. The van der Waals surface area contributed by atoms with Crippen LogP contribution in [0.3, 0.4) is 0 Å². The molecule has 3 unspecified atom stereocenters. The number of likely N-dealkylation sites (N-methyl/N-ethyl adjacent to an activating group) is 1. The van der Waals surface area contributed by atoms with E-state index >= 15 is 0 Å². The van der Waals surface area contributed by atoms with Crippen LogP contribution >= 0.6 is 0 Å². The highest BCUT2D eigenvalue weighted by molar-refractivity contribution is 7.92. The first kappa shape index (κ1) is 24.6. The number of nitrogens with one attached hydrogen (secondary N) is 2. The Morgan fingerprint density at radius 3 is 2.69 bits per heavy atom. The standard InChI is InChI=1S/C25H29F2N5O3S/c1-4-36(34,35)30-21-10-16(18-13-31(3)25(33)23-17(18)7-8-28-23)11-22-24(21)29-14(2)32(22)12-15-5-6-19(26)20(27)9-15/h5-6,9-11,17-18,23,28,30H,4,7-8,12-13H2,1-3H3. The van der Waals surface area contributed by atoms with Crippen LogP contribution in [-0.4, -0.2) is 60.7 Å². The Bertz CT molecular complexity index is 1460. The lowest BCUT2D eigenvalue weighted by atomic mass is 9.77. The molecule has 36 heavy (non-hydrogen) atoms. The molecule has 0 spiro atoms. The van der Waals surface area contributed by atoms with Gasteiger partial charge in [0.2, 0.25) is 15.9 Å². The Hall–Kier alpha value is -3.05. The summed E-state index contributed by atoms with van der Waals surface area (Å²) in [5, 5.41) is 3.31. The summed E-state index contributed by atoms with van der Waals surface area (Å²) in [6.07, 6.45) is 0.843. The van der Waals surface area contributed by atoms with Crippen LogP contribution in [-0.2, 0) is 21.4 Å². The molecule has 3 heterocycles. The first-order valence-corrected chi connectivity index (χ1v) is 13.7. The molecule has 3 aromatic rings. The fraction of sp³-hybridized carbons (Fsp3) is 0.440. The number of amides is 1. The Balaban J connectivity index is 1.65. The summed E-state index contributed by atoms with van der Waals surface area (Å²) < 4.78 is 57.0. The number of anilines is 1. The van der Waals surface area contributed by atoms with Crippen LogP contribution in [0.1, 0.15) is 36.2 Å². The van der Waals surface area contributed by atoms with E-state index in [4.69, 9.17) is 0 Å². The maximum atomic E-state index is 13.9. The third-order valence-electron chi connectivity index (χ3n) is 7.37. The van der Waals surface area contributed by atoms with E-state index in [1.54, 1.807) is 25.8 Å². The molecule has 2 aliphatic rings. The predicted molar refractivity (Wildman–Crippen MR) is 133 cm³/mol. The van der Waals surface area contributed by atoms with Crippen molar-refractivity contribution in [3.8, 4) is 0 Å². The number of rotatable bonds is 6. The van der Waals surface area contributed by atoms with Crippen LogP contribution in [0.25, 0.3) is 11.0 Å². The Labute approximate surface area is 208 Å². The molecule has 0 saturated carbocycles. The van der Waals surface area contributed by atoms with Crippen molar-refractivity contribution in [3.63, 3.8) is 0 Å². The molecule has 2 fully saturated rings. The Morgan fingerprint density at radius 2 is 1.97 bits per heavy atom. The topological polar surface area (TPSA) is 96.3 Å². The molecule has 2 saturated heterocycles. The molecule has 2 N–H and O–H groups in total. The highest BCUT2D eigenvalue weighted by Gasteiger charge is 2.44. The van der Waals surface area contributed by atoms with Gasteiger partial charge in [0.15, 0.2) is 11.6 Å². The highest BCUT2D eigenvalue weighted by atomic mass is 32.2. The van der Waals surface area contributed by atoms with Gasteiger partial charge in [-0.15, -0.1) is 0 Å². The van der Waals surface area contributed by atoms with E-state index in [0.717, 1.165) is 30.7 Å². The molecule has 0 bridgehead atoms. The number of hydrogen-bond acceptors (Lipinski definition) is 5. The molecule has 3 atom stereocenters. The van der Waals surface area contributed by atoms with E-state index in [-0.39, 0.29) is 36.1 Å². The lowest BCUT2D eigenvalue weighted by molar-refractivity contribution is -0.136. The first-order chi connectivity index (χ1) is 17.1. The first-order valence-electron chi connectivity index (χ1n) is 12.0. The Morgan fingerprint density at radius 1 is 1.19 bits per heavy atom. The average Bonchev–Trinajstić information content (AvgIpc) is 3.44. The number of sulfonamides is 1. The summed E-state index contributed by atoms with van der Waals surface area (Å²) in [5.74, 6) is -1.18. The van der Waals surface area contributed by atoms with Gasteiger partial charge in [-0.05, 0) is 68.1 Å². The number of benzene rings is 2. The van der Waals surface area contributed by atoms with Gasteiger partial charge < -0.3 is 14.8 Å². The molecule has 11 heteroatoms. The second-order valence-corrected chi connectivity index (χ2v) is 11.7. The van der Waals surface area contributed by atoms with E-state index in [2.05, 4.69) is 15.0 Å². The van der Waals surface area contributed by atoms with Crippen LogP contribution in [0.15, 0.2) is 30.3 Å². The molecule has 192 valence electrons. The molecule has 0 radical (unpaired) electrons. The highest BCUT2D eigenvalue weighted by Crippen LogP contribution is 2.40. The van der Waals surface area contributed by atoms with Gasteiger partial charge >= 0.3 is 0 Å². The molecule has 2 aromatic carbocycles. The van der Waals surface area contributed by atoms with E-state index in [0.29, 0.717) is 34.7 Å². The summed E-state index contributed by atoms with van der Waals surface area (Å²) in [4.78, 5) is 19.1. The van der Waals surface area contributed by atoms with Crippen molar-refractivity contribution < 1.29 is 22.0 Å². The average molecular weight is 518 g/mol. The van der Waals surface area contributed by atoms with Crippen LogP contribution in [0.5, 0.6) is 0 Å². The quantitative estimate of drug-likeness (QED) is 0.524. The molecule has 0 aliphatic carbocycles. The van der Waals surface area contributed by atoms with E-state index < -0.39 is 21.7 Å². The van der Waals surface area contributed by atoms with Gasteiger partial charge in [0, 0.05) is 26.1 Å². The van der Waals surface area contributed by atoms with Crippen LogP contribution < -0.4 is 10.0 Å². The third kappa shape index (κ3) is 4.34. The monoisotopic (exact) mass is 517 g/mol. The zero-order valence-corrected chi connectivity index (χ0v) is 21.2. The maximum absolute atomic E-state index is 13.9. The van der Waals surface area contributed by atoms with Crippen LogP contribution in [0, 0.1) is 24.5 Å². The minimum Gasteiger partial charge on any atom is -0.344 e. The number of hydrogen-bond donors (Lipinski definition) is 2. The van der Waals surface area contributed by atoms with Crippen molar-refractivity contribution in [2.24, 2.45) is 5.92 Å². The molecule has 2 aliphatic heterocycles. The molecular weight excluding hydrogens is 488 g/mol. The lowest BCUT2D eigenvalue weighted by Gasteiger charge is -2.38. The smallest absolute Gasteiger partial charge is 0.239 e. The van der Waals surface area contributed by atoms with Crippen molar-refractivity contribution in [1.82, 2.24) is 19.8 Å². The van der Waals surface area contributed by atoms with E-state index in [1.807, 2.05) is 16.7 Å². The van der Waals surface area contributed by atoms with Crippen molar-refractivity contribution in [1.29, 1.82) is 0 Å². The summed E-state index contributed by atoms with van der Waals surface area (Å²) in [6.45, 7) is 4.85. The number of carbonyl (C=O) groups is 1. The number of carbonyl (C=O) groups excluding carboxylic acids is 1. The van der Waals surface area contributed by atoms with Crippen molar-refractivity contribution in [2.45, 2.75) is 38.8 Å².